The van der Waals surface area contributed by atoms with Crippen molar-refractivity contribution in [2.45, 2.75) is 26.3 Å². The Kier molecular flexibility index (Phi) is 6.44. The number of primary amides is 1. The normalized spacial score (nSPS) is 12.3. The van der Waals surface area contributed by atoms with Gasteiger partial charge in [-0.2, -0.15) is 0 Å². The number of rotatable bonds is 6. The van der Waals surface area contributed by atoms with Crippen LogP contribution in [0.1, 0.15) is 20.3 Å². The summed E-state index contributed by atoms with van der Waals surface area (Å²) in [6.07, 6.45) is 0.648. The molecule has 0 aromatic carbocycles. The number of hydrogen-bond donors (Lipinski definition) is 4. The van der Waals surface area contributed by atoms with Crippen molar-refractivity contribution in [2.24, 2.45) is 17.4 Å². The summed E-state index contributed by atoms with van der Waals surface area (Å²) in [5.41, 5.74) is 10.5. The molecule has 6 N–H and O–H groups in total. The first-order chi connectivity index (χ1) is 6.93. The van der Waals surface area contributed by atoms with Gasteiger partial charge in [-0.15, -0.1) is 0 Å². The van der Waals surface area contributed by atoms with Crippen LogP contribution < -0.4 is 22.1 Å². The molecule has 3 amide bonds. The summed E-state index contributed by atoms with van der Waals surface area (Å²) in [5.74, 6) is 0.185. The predicted molar refractivity (Wildman–Crippen MR) is 58.0 cm³/mol. The third-order valence-electron chi connectivity index (χ3n) is 1.79. The summed E-state index contributed by atoms with van der Waals surface area (Å²) in [5, 5.41) is 4.97. The highest BCUT2D eigenvalue weighted by atomic mass is 16.2. The minimum absolute atomic E-state index is 0.199. The monoisotopic (exact) mass is 216 g/mol. The van der Waals surface area contributed by atoms with Gasteiger partial charge in [-0.05, 0) is 12.3 Å². The second-order valence-electron chi connectivity index (χ2n) is 3.82. The lowest BCUT2D eigenvalue weighted by Gasteiger charge is -2.13. The Bertz CT molecular complexity index is 218. The van der Waals surface area contributed by atoms with Gasteiger partial charge in [-0.25, -0.2) is 4.79 Å². The molecule has 0 radical (unpaired) electrons. The molecule has 0 aromatic heterocycles. The van der Waals surface area contributed by atoms with Crippen LogP contribution in [0.5, 0.6) is 0 Å². The lowest BCUT2D eigenvalue weighted by molar-refractivity contribution is -0.122. The largest absolute Gasteiger partial charge is 0.353 e. The van der Waals surface area contributed by atoms with Crippen molar-refractivity contribution >= 4 is 11.9 Å². The van der Waals surface area contributed by atoms with E-state index in [0.29, 0.717) is 25.4 Å². The molecule has 0 saturated carbocycles. The summed E-state index contributed by atoms with van der Waals surface area (Å²) in [6.45, 7) is 4.66. The first-order valence-electron chi connectivity index (χ1n) is 5.00. The molecule has 0 spiro atoms. The number of urea groups is 1. The van der Waals surface area contributed by atoms with E-state index in [0.717, 1.165) is 0 Å². The molecular formula is C9H20N4O2. The summed E-state index contributed by atoms with van der Waals surface area (Å²) in [6, 6.07) is -1.09. The lowest BCUT2D eigenvalue weighted by Crippen LogP contribution is -2.44. The van der Waals surface area contributed by atoms with Gasteiger partial charge < -0.3 is 22.1 Å². The topological polar surface area (TPSA) is 110 Å². The molecule has 0 heterocycles. The SMILES string of the molecule is CC(C)CC(N)C(=O)NCCNC(N)=O. The van der Waals surface area contributed by atoms with Crippen molar-refractivity contribution in [1.29, 1.82) is 0 Å². The fourth-order valence-electron chi connectivity index (χ4n) is 1.12. The van der Waals surface area contributed by atoms with Crippen LogP contribution in [-0.2, 0) is 4.79 Å². The molecule has 1 unspecified atom stereocenters. The molecule has 15 heavy (non-hydrogen) atoms. The van der Waals surface area contributed by atoms with Crippen molar-refractivity contribution in [3.8, 4) is 0 Å². The molecule has 0 aliphatic carbocycles. The van der Waals surface area contributed by atoms with E-state index in [2.05, 4.69) is 10.6 Å². The minimum Gasteiger partial charge on any atom is -0.353 e. The number of nitrogens with two attached hydrogens (primary N) is 2. The van der Waals surface area contributed by atoms with E-state index in [1.54, 1.807) is 0 Å². The van der Waals surface area contributed by atoms with E-state index in [9.17, 15) is 9.59 Å². The average molecular weight is 216 g/mol. The first kappa shape index (κ1) is 13.7. The second kappa shape index (κ2) is 7.05. The molecule has 0 aromatic rings. The van der Waals surface area contributed by atoms with E-state index in [4.69, 9.17) is 11.5 Å². The highest BCUT2D eigenvalue weighted by molar-refractivity contribution is 5.81. The summed E-state index contributed by atoms with van der Waals surface area (Å²) in [4.78, 5) is 21.6. The highest BCUT2D eigenvalue weighted by Gasteiger charge is 2.13. The molecule has 0 fully saturated rings. The third kappa shape index (κ3) is 7.75. The number of hydrogen-bond acceptors (Lipinski definition) is 3. The molecular weight excluding hydrogens is 196 g/mol. The Morgan fingerprint density at radius 1 is 1.20 bits per heavy atom. The van der Waals surface area contributed by atoms with Crippen LogP contribution in [0, 0.1) is 5.92 Å². The van der Waals surface area contributed by atoms with E-state index in [1.165, 1.54) is 0 Å². The Morgan fingerprint density at radius 3 is 2.20 bits per heavy atom. The minimum atomic E-state index is -0.601. The van der Waals surface area contributed by atoms with Gasteiger partial charge in [0.25, 0.3) is 0 Å². The lowest BCUT2D eigenvalue weighted by atomic mass is 10.0. The zero-order valence-corrected chi connectivity index (χ0v) is 9.25. The number of carbonyl (C=O) groups excluding carboxylic acids is 2. The quantitative estimate of drug-likeness (QED) is 0.434. The molecule has 6 heteroatoms. The van der Waals surface area contributed by atoms with Gasteiger partial charge in [-0.3, -0.25) is 4.79 Å². The Balaban J connectivity index is 3.60. The highest BCUT2D eigenvalue weighted by Crippen LogP contribution is 2.01. The standard InChI is InChI=1S/C9H20N4O2/c1-6(2)5-7(10)8(14)12-3-4-13-9(11)15/h6-7H,3-5,10H2,1-2H3,(H,12,14)(H3,11,13,15). The molecule has 88 valence electrons. The van der Waals surface area contributed by atoms with Crippen molar-refractivity contribution in [2.75, 3.05) is 13.1 Å². The van der Waals surface area contributed by atoms with E-state index >= 15 is 0 Å². The Morgan fingerprint density at radius 2 is 1.73 bits per heavy atom. The smallest absolute Gasteiger partial charge is 0.312 e. The maximum Gasteiger partial charge on any atom is 0.312 e. The van der Waals surface area contributed by atoms with Crippen LogP contribution in [0.3, 0.4) is 0 Å². The van der Waals surface area contributed by atoms with Crippen LogP contribution in [0.25, 0.3) is 0 Å². The van der Waals surface area contributed by atoms with Crippen LogP contribution in [0.4, 0.5) is 4.79 Å². The molecule has 6 nitrogen and oxygen atoms in total. The molecule has 0 aliphatic heterocycles. The number of amides is 3. The van der Waals surface area contributed by atoms with Gasteiger partial charge in [0, 0.05) is 13.1 Å². The van der Waals surface area contributed by atoms with Crippen molar-refractivity contribution in [3.05, 3.63) is 0 Å². The fourth-order valence-corrected chi connectivity index (χ4v) is 1.12. The maximum atomic E-state index is 11.3. The molecule has 1 atom stereocenters. The Labute approximate surface area is 89.8 Å². The summed E-state index contributed by atoms with van der Waals surface area (Å²) < 4.78 is 0. The van der Waals surface area contributed by atoms with Crippen molar-refractivity contribution in [3.63, 3.8) is 0 Å². The van der Waals surface area contributed by atoms with Crippen LogP contribution in [0.15, 0.2) is 0 Å². The van der Waals surface area contributed by atoms with E-state index < -0.39 is 12.1 Å². The fraction of sp³-hybridized carbons (Fsp3) is 0.778. The summed E-state index contributed by atoms with van der Waals surface area (Å²) in [7, 11) is 0. The van der Waals surface area contributed by atoms with Crippen LogP contribution in [0.2, 0.25) is 0 Å². The zero-order valence-electron chi connectivity index (χ0n) is 9.25. The average Bonchev–Trinajstić information content (AvgIpc) is 2.10. The van der Waals surface area contributed by atoms with Gasteiger partial charge in [0.15, 0.2) is 0 Å². The van der Waals surface area contributed by atoms with Gasteiger partial charge in [0.05, 0.1) is 6.04 Å². The Hall–Kier alpha value is -1.30. The maximum absolute atomic E-state index is 11.3. The van der Waals surface area contributed by atoms with Gasteiger partial charge >= 0.3 is 6.03 Å². The van der Waals surface area contributed by atoms with Gasteiger partial charge in [-0.1, -0.05) is 13.8 Å². The predicted octanol–water partition coefficient (Wildman–Crippen LogP) is -0.856. The molecule has 0 rings (SSSR count). The van der Waals surface area contributed by atoms with Gasteiger partial charge in [0.1, 0.15) is 0 Å². The van der Waals surface area contributed by atoms with Gasteiger partial charge in [0.2, 0.25) is 5.91 Å². The number of nitrogens with one attached hydrogen (secondary N) is 2. The first-order valence-corrected chi connectivity index (χ1v) is 5.00. The summed E-state index contributed by atoms with van der Waals surface area (Å²) >= 11 is 0. The third-order valence-corrected chi connectivity index (χ3v) is 1.79. The van der Waals surface area contributed by atoms with Crippen LogP contribution in [-0.4, -0.2) is 31.1 Å². The van der Waals surface area contributed by atoms with E-state index in [1.807, 2.05) is 13.8 Å². The number of carbonyl (C=O) groups is 2. The van der Waals surface area contributed by atoms with E-state index in [-0.39, 0.29) is 5.91 Å². The molecule has 0 aliphatic rings. The van der Waals surface area contributed by atoms with Crippen molar-refractivity contribution in [1.82, 2.24) is 10.6 Å². The van der Waals surface area contributed by atoms with Crippen LogP contribution >= 0.6 is 0 Å². The second-order valence-corrected chi connectivity index (χ2v) is 3.82. The van der Waals surface area contributed by atoms with Crippen molar-refractivity contribution < 1.29 is 9.59 Å². The molecule has 0 saturated heterocycles. The molecule has 0 bridgehead atoms. The zero-order chi connectivity index (χ0) is 11.8.